The maximum atomic E-state index is 13.9. The van der Waals surface area contributed by atoms with E-state index in [0.717, 1.165) is 5.56 Å². The zero-order chi connectivity index (χ0) is 46.0. The minimum atomic E-state index is -1.59. The number of rotatable bonds is 25. The predicted molar refractivity (Wildman–Crippen MR) is 225 cm³/mol. The van der Waals surface area contributed by atoms with E-state index in [1.54, 1.807) is 79.7 Å². The minimum Gasteiger partial charge on any atom is -0.480 e. The number of nitrogens with two attached hydrogens (primary N) is 1. The van der Waals surface area contributed by atoms with Crippen LogP contribution < -0.4 is 43.0 Å². The van der Waals surface area contributed by atoms with Gasteiger partial charge in [0.2, 0.25) is 41.4 Å². The van der Waals surface area contributed by atoms with Gasteiger partial charge in [-0.1, -0.05) is 99.6 Å². The largest absolute Gasteiger partial charge is 0.480 e. The summed E-state index contributed by atoms with van der Waals surface area (Å²) in [5, 5.41) is 37.6. The van der Waals surface area contributed by atoms with E-state index in [1.807, 2.05) is 19.9 Å². The molecule has 8 atom stereocenters. The van der Waals surface area contributed by atoms with Crippen molar-refractivity contribution < 1.29 is 48.6 Å². The quantitative estimate of drug-likeness (QED) is 0.0630. The monoisotopic (exact) mass is 847 g/mol. The lowest BCUT2D eigenvalue weighted by atomic mass is 9.97. The maximum absolute atomic E-state index is 13.9. The molecule has 7 amide bonds. The van der Waals surface area contributed by atoms with Gasteiger partial charge in [-0.2, -0.15) is 0 Å². The lowest BCUT2D eigenvalue weighted by molar-refractivity contribution is -0.139. The molecular formula is C42H70N8O10. The van der Waals surface area contributed by atoms with Crippen LogP contribution in [0.15, 0.2) is 30.3 Å². The number of carbonyl (C=O) groups is 8. The van der Waals surface area contributed by atoms with Crippen LogP contribution in [0.1, 0.15) is 94.6 Å². The zero-order valence-corrected chi connectivity index (χ0v) is 37.0. The third kappa shape index (κ3) is 18.4. The normalized spacial score (nSPS) is 15.5. The van der Waals surface area contributed by atoms with Gasteiger partial charge in [-0.15, -0.1) is 0 Å². The molecule has 0 aliphatic heterocycles. The number of carboxylic acids is 1. The Hall–Kier alpha value is -5.10. The Morgan fingerprint density at radius 3 is 1.35 bits per heavy atom. The Morgan fingerprint density at radius 1 is 0.517 bits per heavy atom. The molecule has 0 saturated heterocycles. The van der Waals surface area contributed by atoms with Crippen molar-refractivity contribution in [2.45, 2.75) is 144 Å². The summed E-state index contributed by atoms with van der Waals surface area (Å²) < 4.78 is 0. The summed E-state index contributed by atoms with van der Waals surface area (Å²) in [6.07, 6.45) is -0.867. The van der Waals surface area contributed by atoms with Crippen LogP contribution in [0, 0.1) is 29.6 Å². The Morgan fingerprint density at radius 2 is 0.917 bits per heavy atom. The summed E-state index contributed by atoms with van der Waals surface area (Å²) in [4.78, 5) is 105. The highest BCUT2D eigenvalue weighted by Crippen LogP contribution is 2.13. The first-order chi connectivity index (χ1) is 27.8. The molecule has 0 spiro atoms. The second-order valence-corrected chi connectivity index (χ2v) is 17.2. The zero-order valence-electron chi connectivity index (χ0n) is 37.0. The number of nitrogens with one attached hydrogen (secondary N) is 7. The topological polar surface area (TPSA) is 287 Å². The Labute approximate surface area is 354 Å². The molecule has 0 fully saturated rings. The first-order valence-electron chi connectivity index (χ1n) is 20.6. The summed E-state index contributed by atoms with van der Waals surface area (Å²) in [5.41, 5.74) is 6.87. The Bertz CT molecular complexity index is 1600. The number of aliphatic carboxylic acids is 1. The average Bonchev–Trinajstić information content (AvgIpc) is 3.14. The number of amides is 7. The summed E-state index contributed by atoms with van der Waals surface area (Å²) >= 11 is 0. The van der Waals surface area contributed by atoms with Gasteiger partial charge in [0.15, 0.2) is 0 Å². The fourth-order valence-electron chi connectivity index (χ4n) is 6.19. The minimum absolute atomic E-state index is 0.104. The highest BCUT2D eigenvalue weighted by molar-refractivity contribution is 5.97. The smallest absolute Gasteiger partial charge is 0.322 e. The van der Waals surface area contributed by atoms with Gasteiger partial charge >= 0.3 is 5.97 Å². The van der Waals surface area contributed by atoms with Crippen LogP contribution in [0.3, 0.4) is 0 Å². The number of aliphatic hydroxyl groups excluding tert-OH is 1. The van der Waals surface area contributed by atoms with E-state index in [-0.39, 0.29) is 24.7 Å². The van der Waals surface area contributed by atoms with E-state index in [2.05, 4.69) is 37.2 Å². The van der Waals surface area contributed by atoms with Crippen LogP contribution in [0.25, 0.3) is 0 Å². The van der Waals surface area contributed by atoms with Gasteiger partial charge in [0.25, 0.3) is 0 Å². The molecule has 0 radical (unpaired) electrons. The summed E-state index contributed by atoms with van der Waals surface area (Å²) in [5.74, 6) is -7.88. The van der Waals surface area contributed by atoms with Crippen molar-refractivity contribution in [3.8, 4) is 0 Å². The second kappa shape index (κ2) is 25.5. The first-order valence-corrected chi connectivity index (χ1v) is 20.6. The first kappa shape index (κ1) is 52.9. The summed E-state index contributed by atoms with van der Waals surface area (Å²) in [7, 11) is 0. The third-order valence-electron chi connectivity index (χ3n) is 9.53. The Balaban J connectivity index is 3.27. The molecule has 1 rings (SSSR count). The lowest BCUT2D eigenvalue weighted by Gasteiger charge is -2.31. The lowest BCUT2D eigenvalue weighted by Crippen LogP contribution is -2.63. The number of hydrogen-bond donors (Lipinski definition) is 10. The molecule has 60 heavy (non-hydrogen) atoms. The van der Waals surface area contributed by atoms with E-state index >= 15 is 0 Å². The summed E-state index contributed by atoms with van der Waals surface area (Å²) in [6, 6.07) is 0.678. The van der Waals surface area contributed by atoms with Gasteiger partial charge in [-0.3, -0.25) is 38.4 Å². The van der Waals surface area contributed by atoms with Crippen molar-refractivity contribution in [2.75, 3.05) is 6.54 Å². The highest BCUT2D eigenvalue weighted by atomic mass is 16.4. The van der Waals surface area contributed by atoms with E-state index < -0.39 is 120 Å². The number of carboxylic acid groups (broad SMARTS) is 1. The second-order valence-electron chi connectivity index (χ2n) is 17.2. The van der Waals surface area contributed by atoms with Crippen LogP contribution in [-0.4, -0.2) is 112 Å². The molecule has 0 saturated carbocycles. The summed E-state index contributed by atoms with van der Waals surface area (Å²) in [6.45, 7) is 18.0. The molecule has 18 nitrogen and oxygen atoms in total. The predicted octanol–water partition coefficient (Wildman–Crippen LogP) is 0.107. The number of hydrogen-bond acceptors (Lipinski definition) is 10. The van der Waals surface area contributed by atoms with Gasteiger partial charge in [0, 0.05) is 6.42 Å². The molecule has 1 unspecified atom stereocenters. The molecular weight excluding hydrogens is 777 g/mol. The standard InChI is InChI=1S/C42H70N8O10/c1-21(2)17-28(43)36(54)45-30(19-27-15-13-12-14-16-27)38(56)48-33(24(7)8)40(58)49-34(25(9)10)41(59)50-35(26(11)51)42(60)46-29(18-22(3)4)37(55)47-32(23(5)6)39(57)44-20-31(52)53/h12-16,21-26,28-30,32-35,51H,17-20,43H2,1-11H3,(H,44,57)(H,45,54)(H,46,60)(H,47,55)(H,48,56)(H,49,58)(H,50,59)(H,52,53)/t26?,28-,29-,30-,32-,33-,34-,35-/m0/s1. The van der Waals surface area contributed by atoms with Crippen LogP contribution >= 0.6 is 0 Å². The molecule has 338 valence electrons. The average molecular weight is 847 g/mol. The van der Waals surface area contributed by atoms with Crippen molar-refractivity contribution in [3.63, 3.8) is 0 Å². The third-order valence-corrected chi connectivity index (χ3v) is 9.53. The van der Waals surface area contributed by atoms with Crippen LogP contribution in [0.5, 0.6) is 0 Å². The van der Waals surface area contributed by atoms with E-state index in [9.17, 15) is 43.5 Å². The number of carbonyl (C=O) groups excluding carboxylic acids is 7. The van der Waals surface area contributed by atoms with Crippen LogP contribution in [0.2, 0.25) is 0 Å². The fourth-order valence-corrected chi connectivity index (χ4v) is 6.19. The van der Waals surface area contributed by atoms with E-state index in [1.165, 1.54) is 6.92 Å². The maximum Gasteiger partial charge on any atom is 0.322 e. The molecule has 0 bridgehead atoms. The van der Waals surface area contributed by atoms with E-state index in [4.69, 9.17) is 10.8 Å². The molecule has 0 aliphatic carbocycles. The molecule has 0 heterocycles. The van der Waals surface area contributed by atoms with Crippen LogP contribution in [0.4, 0.5) is 0 Å². The molecule has 11 N–H and O–H groups in total. The van der Waals surface area contributed by atoms with Crippen LogP contribution in [-0.2, 0) is 44.8 Å². The SMILES string of the molecule is CC(C)C[C@H](NC(=O)[C@@H](NC(=O)[C@@H](NC(=O)[C@@H](NC(=O)[C@H](Cc1ccccc1)NC(=O)[C@@H](N)CC(C)C)C(C)C)C(C)C)C(C)O)C(=O)N[C@H](C(=O)NCC(=O)O)C(C)C. The van der Waals surface area contributed by atoms with Crippen molar-refractivity contribution in [3.05, 3.63) is 35.9 Å². The molecule has 0 aromatic heterocycles. The molecule has 1 aromatic rings. The van der Waals surface area contributed by atoms with Gasteiger partial charge in [-0.25, -0.2) is 0 Å². The van der Waals surface area contributed by atoms with Gasteiger partial charge in [0.05, 0.1) is 12.1 Å². The number of aliphatic hydroxyl groups is 1. The van der Waals surface area contributed by atoms with E-state index in [0.29, 0.717) is 6.42 Å². The van der Waals surface area contributed by atoms with Gasteiger partial charge < -0.3 is 53.2 Å². The van der Waals surface area contributed by atoms with Crippen molar-refractivity contribution in [2.24, 2.45) is 35.3 Å². The molecule has 18 heteroatoms. The van der Waals surface area contributed by atoms with Gasteiger partial charge in [0.1, 0.15) is 42.8 Å². The van der Waals surface area contributed by atoms with Crippen molar-refractivity contribution >= 4 is 47.3 Å². The molecule has 1 aromatic carbocycles. The van der Waals surface area contributed by atoms with Crippen molar-refractivity contribution in [1.82, 2.24) is 37.2 Å². The Kier molecular flexibility index (Phi) is 22.5. The fraction of sp³-hybridized carbons (Fsp3) is 0.667. The molecule has 0 aliphatic rings. The van der Waals surface area contributed by atoms with Gasteiger partial charge in [-0.05, 0) is 54.9 Å². The van der Waals surface area contributed by atoms with Crippen molar-refractivity contribution in [1.29, 1.82) is 0 Å². The highest BCUT2D eigenvalue weighted by Gasteiger charge is 2.37. The number of benzene rings is 1.